The lowest BCUT2D eigenvalue weighted by atomic mass is 9.89. The Morgan fingerprint density at radius 3 is 3.10 bits per heavy atom. The second-order valence-electron chi connectivity index (χ2n) is 6.68. The Morgan fingerprint density at radius 1 is 1.38 bits per heavy atom. The number of fused-ring (bicyclic) bond motifs is 2. The molecule has 0 bridgehead atoms. The molecule has 3 heterocycles. The van der Waals surface area contributed by atoms with Crippen molar-refractivity contribution < 1.29 is 13.4 Å². The fourth-order valence-corrected chi connectivity index (χ4v) is 5.32. The van der Waals surface area contributed by atoms with Crippen LogP contribution < -0.4 is 10.5 Å². The third-order valence-electron chi connectivity index (χ3n) is 5.02. The molecule has 2 atom stereocenters. The number of aromatic nitrogens is 3. The van der Waals surface area contributed by atoms with E-state index < -0.39 is 22.9 Å². The van der Waals surface area contributed by atoms with Gasteiger partial charge < -0.3 is 8.97 Å². The van der Waals surface area contributed by atoms with Gasteiger partial charge in [-0.05, 0) is 36.5 Å². The van der Waals surface area contributed by atoms with Crippen LogP contribution in [0.1, 0.15) is 30.0 Å². The van der Waals surface area contributed by atoms with Gasteiger partial charge in [-0.25, -0.2) is 14.2 Å². The topological polar surface area (TPSA) is 96.0 Å². The Morgan fingerprint density at radius 2 is 2.28 bits per heavy atom. The van der Waals surface area contributed by atoms with Gasteiger partial charge in [-0.15, -0.1) is 11.3 Å². The molecule has 0 fully saturated rings. The molecule has 0 saturated carbocycles. The molecule has 1 aliphatic rings. The van der Waals surface area contributed by atoms with E-state index in [1.807, 2.05) is 6.07 Å². The number of aryl methyl sites for hydroxylation is 1. The van der Waals surface area contributed by atoms with Gasteiger partial charge in [-0.3, -0.25) is 9.55 Å². The maximum atomic E-state index is 14.8. The van der Waals surface area contributed by atoms with E-state index in [-0.39, 0.29) is 16.5 Å². The first-order valence-electron chi connectivity index (χ1n) is 8.97. The number of pyridine rings is 1. The molecule has 0 saturated heterocycles. The molecule has 29 heavy (non-hydrogen) atoms. The molecule has 0 radical (unpaired) electrons. The van der Waals surface area contributed by atoms with E-state index in [1.165, 1.54) is 28.0 Å². The number of hydrogen-bond acceptors (Lipinski definition) is 7. The highest BCUT2D eigenvalue weighted by atomic mass is 32.2. The number of halogens is 1. The fourth-order valence-electron chi connectivity index (χ4n) is 3.75. The molecular formula is C19H15FN4O3S2. The number of oxazole rings is 1. The van der Waals surface area contributed by atoms with Crippen LogP contribution in [0.2, 0.25) is 0 Å². The van der Waals surface area contributed by atoms with Gasteiger partial charge in [-0.1, -0.05) is 0 Å². The van der Waals surface area contributed by atoms with E-state index in [0.29, 0.717) is 10.6 Å². The summed E-state index contributed by atoms with van der Waals surface area (Å²) < 4.78 is 36.9. The van der Waals surface area contributed by atoms with Gasteiger partial charge >= 0.3 is 5.76 Å². The molecule has 0 aliphatic heterocycles. The van der Waals surface area contributed by atoms with Crippen LogP contribution in [0.15, 0.2) is 56.3 Å². The lowest BCUT2D eigenvalue weighted by Crippen LogP contribution is -2.25. The van der Waals surface area contributed by atoms with Gasteiger partial charge in [0.05, 0.1) is 11.6 Å². The van der Waals surface area contributed by atoms with Crippen LogP contribution >= 0.6 is 11.3 Å². The number of thiazole rings is 1. The highest BCUT2D eigenvalue weighted by Crippen LogP contribution is 2.34. The minimum Gasteiger partial charge on any atom is -0.588 e. The average molecular weight is 430 g/mol. The summed E-state index contributed by atoms with van der Waals surface area (Å²) in [5.41, 5.74) is 2.60. The second-order valence-corrected chi connectivity index (χ2v) is 8.75. The Labute approximate surface area is 171 Å². The van der Waals surface area contributed by atoms with E-state index in [1.54, 1.807) is 24.0 Å². The lowest BCUT2D eigenvalue weighted by molar-refractivity contribution is 0.436. The van der Waals surface area contributed by atoms with Gasteiger partial charge in [0, 0.05) is 36.1 Å². The third kappa shape index (κ3) is 3.22. The van der Waals surface area contributed by atoms with E-state index >= 15 is 0 Å². The zero-order valence-electron chi connectivity index (χ0n) is 15.0. The van der Waals surface area contributed by atoms with Crippen LogP contribution in [0.4, 0.5) is 9.52 Å². The molecule has 4 aromatic rings. The van der Waals surface area contributed by atoms with Crippen molar-refractivity contribution in [3.8, 4) is 0 Å². The third-order valence-corrected chi connectivity index (χ3v) is 6.93. The summed E-state index contributed by atoms with van der Waals surface area (Å²) in [4.78, 5) is 20.7. The van der Waals surface area contributed by atoms with Gasteiger partial charge in [0.1, 0.15) is 11.4 Å². The predicted molar refractivity (Wildman–Crippen MR) is 108 cm³/mol. The first-order chi connectivity index (χ1) is 14.1. The number of benzene rings is 1. The maximum Gasteiger partial charge on any atom is 0.420 e. The van der Waals surface area contributed by atoms with E-state index in [0.717, 1.165) is 30.4 Å². The number of hydrogen-bond donors (Lipinski definition) is 1. The zero-order chi connectivity index (χ0) is 20.0. The molecule has 10 heteroatoms. The first-order valence-corrected chi connectivity index (χ1v) is 11.0. The van der Waals surface area contributed by atoms with Crippen LogP contribution in [0.25, 0.3) is 11.1 Å². The highest BCUT2D eigenvalue weighted by Gasteiger charge is 2.28. The summed E-state index contributed by atoms with van der Waals surface area (Å²) in [5.74, 6) is -1.26. The summed E-state index contributed by atoms with van der Waals surface area (Å²) in [6.45, 7) is 0. The van der Waals surface area contributed by atoms with E-state index in [9.17, 15) is 13.7 Å². The molecule has 1 aliphatic carbocycles. The smallest absolute Gasteiger partial charge is 0.420 e. The summed E-state index contributed by atoms with van der Waals surface area (Å²) in [6, 6.07) is 4.19. The summed E-state index contributed by atoms with van der Waals surface area (Å²) in [5, 5.41) is 2.13. The Kier molecular flexibility index (Phi) is 4.61. The molecule has 1 N–H and O–H groups in total. The second kappa shape index (κ2) is 7.29. The summed E-state index contributed by atoms with van der Waals surface area (Å²) in [7, 11) is 0. The Hall–Kier alpha value is -2.69. The number of anilines is 1. The molecule has 3 aromatic heterocycles. The van der Waals surface area contributed by atoms with Gasteiger partial charge in [-0.2, -0.15) is 4.72 Å². The van der Waals surface area contributed by atoms with Gasteiger partial charge in [0.15, 0.2) is 11.4 Å². The van der Waals surface area contributed by atoms with Crippen LogP contribution in [0.3, 0.4) is 0 Å². The fraction of sp³-hybridized carbons (Fsp3) is 0.211. The maximum absolute atomic E-state index is 14.8. The molecular weight excluding hydrogens is 415 g/mol. The number of nitrogens with zero attached hydrogens (tertiary/aromatic N) is 3. The quantitative estimate of drug-likeness (QED) is 0.497. The van der Waals surface area contributed by atoms with Crippen LogP contribution in [-0.2, 0) is 17.8 Å². The molecule has 148 valence electrons. The van der Waals surface area contributed by atoms with Crippen molar-refractivity contribution in [3.63, 3.8) is 0 Å². The molecule has 7 nitrogen and oxygen atoms in total. The van der Waals surface area contributed by atoms with Gasteiger partial charge in [0.25, 0.3) is 0 Å². The molecule has 5 rings (SSSR count). The number of rotatable bonds is 4. The van der Waals surface area contributed by atoms with Crippen molar-refractivity contribution in [3.05, 3.63) is 69.7 Å². The monoisotopic (exact) mass is 430 g/mol. The lowest BCUT2D eigenvalue weighted by Gasteiger charge is -2.25. The standard InChI is InChI=1S/C19H15FN4O3S2/c20-13-8-15-16(9-17(13)29(26)23-18-22-6-7-28-18)27-19(25)24(15)14-3-1-2-11-4-5-21-10-12(11)14/h4-10,14H,1-3H2,(H,22,23). The molecule has 2 unspecified atom stereocenters. The van der Waals surface area contributed by atoms with Crippen LogP contribution in [-0.4, -0.2) is 19.1 Å². The van der Waals surface area contributed by atoms with Crippen molar-refractivity contribution in [1.29, 1.82) is 0 Å². The zero-order valence-corrected chi connectivity index (χ0v) is 16.6. The van der Waals surface area contributed by atoms with E-state index in [2.05, 4.69) is 14.7 Å². The minimum atomic E-state index is -1.88. The molecule has 0 amide bonds. The molecule has 1 aromatic carbocycles. The predicted octanol–water partition coefficient (Wildman–Crippen LogP) is 3.65. The number of nitrogens with one attached hydrogen (secondary N) is 1. The molecule has 0 spiro atoms. The first kappa shape index (κ1) is 18.3. The van der Waals surface area contributed by atoms with E-state index in [4.69, 9.17) is 4.42 Å². The van der Waals surface area contributed by atoms with Crippen molar-refractivity contribution in [2.24, 2.45) is 0 Å². The average Bonchev–Trinajstić information content (AvgIpc) is 3.33. The van der Waals surface area contributed by atoms with Crippen molar-refractivity contribution in [1.82, 2.24) is 14.5 Å². The van der Waals surface area contributed by atoms with Crippen LogP contribution in [0, 0.1) is 5.82 Å². The Balaban J connectivity index is 1.58. The minimum absolute atomic E-state index is 0.0979. The van der Waals surface area contributed by atoms with Gasteiger partial charge in [0.2, 0.25) is 10.0 Å². The van der Waals surface area contributed by atoms with Crippen molar-refractivity contribution >= 4 is 38.9 Å². The highest BCUT2D eigenvalue weighted by molar-refractivity contribution is 7.93. The normalized spacial score (nSPS) is 17.2. The summed E-state index contributed by atoms with van der Waals surface area (Å²) in [6.07, 6.45) is 7.59. The van der Waals surface area contributed by atoms with Crippen LogP contribution in [0.5, 0.6) is 0 Å². The van der Waals surface area contributed by atoms with Crippen molar-refractivity contribution in [2.45, 2.75) is 30.2 Å². The Bertz CT molecular complexity index is 1240. The summed E-state index contributed by atoms with van der Waals surface area (Å²) >= 11 is -0.624. The largest absolute Gasteiger partial charge is 0.588 e. The van der Waals surface area contributed by atoms with Crippen molar-refractivity contribution in [2.75, 3.05) is 4.72 Å². The SMILES string of the molecule is O=c1oc2cc([S+]([O-])Nc3nccs3)c(F)cc2n1C1CCCc2ccncc21.